The molecule has 0 aliphatic carbocycles. The van der Waals surface area contributed by atoms with Gasteiger partial charge in [-0.2, -0.15) is 0 Å². The highest BCUT2D eigenvalue weighted by Crippen LogP contribution is 2.37. The fraction of sp³-hybridized carbons (Fsp3) is 0. The summed E-state index contributed by atoms with van der Waals surface area (Å²) in [6, 6.07) is 57.1. The predicted molar refractivity (Wildman–Crippen MR) is 211 cm³/mol. The van der Waals surface area contributed by atoms with E-state index in [4.69, 9.17) is 9.97 Å². The standard InChI is InChI=1S/C46H30N6/c1-3-19-43-31(11-1)23-26-51(43)35-14-9-12-32(27-35)33-21-22-45-38(29-33)37-16-2-4-20-44(37)52(45)36-15-10-13-34(28-36)41-30-42(39-17-5-7-24-47-39)50-46(49-41)40-18-6-8-25-48-40/h1-30H. The highest BCUT2D eigenvalue weighted by atomic mass is 15.0. The molecule has 0 bridgehead atoms. The van der Waals surface area contributed by atoms with Crippen LogP contribution in [0.4, 0.5) is 0 Å². The molecule has 0 saturated carbocycles. The maximum absolute atomic E-state index is 5.02. The third-order valence-corrected chi connectivity index (χ3v) is 9.68. The monoisotopic (exact) mass is 666 g/mol. The first kappa shape index (κ1) is 29.7. The Balaban J connectivity index is 1.09. The van der Waals surface area contributed by atoms with E-state index in [-0.39, 0.29) is 0 Å². The summed E-state index contributed by atoms with van der Waals surface area (Å²) >= 11 is 0. The van der Waals surface area contributed by atoms with Gasteiger partial charge in [0.25, 0.3) is 0 Å². The number of para-hydroxylation sites is 2. The van der Waals surface area contributed by atoms with E-state index in [1.54, 1.807) is 12.4 Å². The lowest BCUT2D eigenvalue weighted by molar-refractivity contribution is 1.13. The minimum atomic E-state index is 0.558. The molecule has 0 spiro atoms. The number of pyridine rings is 2. The van der Waals surface area contributed by atoms with Gasteiger partial charge in [0.15, 0.2) is 5.82 Å². The van der Waals surface area contributed by atoms with E-state index in [0.29, 0.717) is 11.5 Å². The van der Waals surface area contributed by atoms with Gasteiger partial charge in [0.2, 0.25) is 0 Å². The van der Waals surface area contributed by atoms with Crippen LogP contribution in [-0.4, -0.2) is 29.1 Å². The van der Waals surface area contributed by atoms with Crippen LogP contribution >= 0.6 is 0 Å². The molecule has 5 aromatic carbocycles. The summed E-state index contributed by atoms with van der Waals surface area (Å²) in [7, 11) is 0. The molecule has 0 amide bonds. The van der Waals surface area contributed by atoms with Gasteiger partial charge < -0.3 is 9.13 Å². The van der Waals surface area contributed by atoms with Crippen molar-refractivity contribution in [3.05, 3.63) is 182 Å². The number of rotatable bonds is 6. The predicted octanol–water partition coefficient (Wildman–Crippen LogP) is 11.0. The van der Waals surface area contributed by atoms with Crippen LogP contribution in [0.3, 0.4) is 0 Å². The Kier molecular flexibility index (Phi) is 7.03. The molecule has 0 radical (unpaired) electrons. The number of nitrogens with zero attached hydrogens (tertiary/aromatic N) is 6. The van der Waals surface area contributed by atoms with Crippen molar-refractivity contribution in [1.82, 2.24) is 29.1 Å². The highest BCUT2D eigenvalue weighted by molar-refractivity contribution is 6.10. The zero-order valence-corrected chi connectivity index (χ0v) is 28.0. The molecule has 52 heavy (non-hydrogen) atoms. The van der Waals surface area contributed by atoms with Gasteiger partial charge in [0.05, 0.1) is 33.6 Å². The topological polar surface area (TPSA) is 61.4 Å². The van der Waals surface area contributed by atoms with Gasteiger partial charge in [0.1, 0.15) is 5.69 Å². The van der Waals surface area contributed by atoms with Crippen LogP contribution in [0.5, 0.6) is 0 Å². The molecule has 6 nitrogen and oxygen atoms in total. The van der Waals surface area contributed by atoms with E-state index >= 15 is 0 Å². The lowest BCUT2D eigenvalue weighted by atomic mass is 10.0. The van der Waals surface area contributed by atoms with Crippen LogP contribution in [0, 0.1) is 0 Å². The van der Waals surface area contributed by atoms with Crippen LogP contribution in [0.15, 0.2) is 182 Å². The Morgan fingerprint density at radius 3 is 1.90 bits per heavy atom. The van der Waals surface area contributed by atoms with Crippen molar-refractivity contribution in [1.29, 1.82) is 0 Å². The molecule has 0 N–H and O–H groups in total. The average molecular weight is 667 g/mol. The number of fused-ring (bicyclic) bond motifs is 4. The van der Waals surface area contributed by atoms with Crippen LogP contribution in [-0.2, 0) is 0 Å². The normalized spacial score (nSPS) is 11.5. The van der Waals surface area contributed by atoms with Crippen molar-refractivity contribution in [3.63, 3.8) is 0 Å². The summed E-state index contributed by atoms with van der Waals surface area (Å²) in [6.07, 6.45) is 5.70. The van der Waals surface area contributed by atoms with Gasteiger partial charge in [-0.05, 0) is 101 Å². The molecule has 0 fully saturated rings. The molecule has 5 heterocycles. The smallest absolute Gasteiger partial charge is 0.179 e. The first-order valence-corrected chi connectivity index (χ1v) is 17.3. The number of aromatic nitrogens is 6. The Hall–Kier alpha value is -7.18. The molecule has 5 aromatic heterocycles. The van der Waals surface area contributed by atoms with Gasteiger partial charge in [-0.1, -0.05) is 78.9 Å². The molecule has 0 atom stereocenters. The summed E-state index contributed by atoms with van der Waals surface area (Å²) in [4.78, 5) is 19.0. The van der Waals surface area contributed by atoms with Gasteiger partial charge in [-0.15, -0.1) is 0 Å². The summed E-state index contributed by atoms with van der Waals surface area (Å²) in [5.41, 5.74) is 12.0. The van der Waals surface area contributed by atoms with Crippen LogP contribution in [0.2, 0.25) is 0 Å². The van der Waals surface area contributed by atoms with Crippen molar-refractivity contribution in [2.24, 2.45) is 0 Å². The first-order valence-electron chi connectivity index (χ1n) is 17.3. The van der Waals surface area contributed by atoms with E-state index in [1.165, 1.54) is 32.8 Å². The van der Waals surface area contributed by atoms with Crippen LogP contribution < -0.4 is 0 Å². The summed E-state index contributed by atoms with van der Waals surface area (Å²) in [6.45, 7) is 0. The van der Waals surface area contributed by atoms with E-state index in [2.05, 4.69) is 147 Å². The second-order valence-corrected chi connectivity index (χ2v) is 12.8. The summed E-state index contributed by atoms with van der Waals surface area (Å²) < 4.78 is 4.60. The lowest BCUT2D eigenvalue weighted by Crippen LogP contribution is -1.99. The number of hydrogen-bond donors (Lipinski definition) is 0. The molecule has 6 heteroatoms. The van der Waals surface area contributed by atoms with Crippen LogP contribution in [0.25, 0.3) is 89.4 Å². The van der Waals surface area contributed by atoms with Crippen molar-refractivity contribution >= 4 is 32.7 Å². The Morgan fingerprint density at radius 1 is 0.385 bits per heavy atom. The lowest BCUT2D eigenvalue weighted by Gasteiger charge is -2.12. The molecule has 10 aromatic rings. The fourth-order valence-corrected chi connectivity index (χ4v) is 7.23. The Morgan fingerprint density at radius 2 is 1.06 bits per heavy atom. The number of benzene rings is 5. The molecular weight excluding hydrogens is 637 g/mol. The van der Waals surface area contributed by atoms with Gasteiger partial charge in [-0.25, -0.2) is 9.97 Å². The quantitative estimate of drug-likeness (QED) is 0.177. The summed E-state index contributed by atoms with van der Waals surface area (Å²) in [5, 5.41) is 3.63. The van der Waals surface area contributed by atoms with Gasteiger partial charge in [-0.3, -0.25) is 9.97 Å². The minimum absolute atomic E-state index is 0.558. The SMILES string of the molecule is c1ccc(-c2cc(-c3cccc(-n4c5ccccc5c5cc(-c6cccc(-n7ccc8ccccc87)c6)ccc54)c3)nc(-c3ccccn3)n2)nc1. The van der Waals surface area contributed by atoms with E-state index < -0.39 is 0 Å². The molecule has 0 unspecified atom stereocenters. The van der Waals surface area contributed by atoms with E-state index in [1.807, 2.05) is 42.5 Å². The van der Waals surface area contributed by atoms with Crippen molar-refractivity contribution in [3.8, 4) is 56.7 Å². The molecule has 244 valence electrons. The second kappa shape index (κ2) is 12.3. The van der Waals surface area contributed by atoms with E-state index in [9.17, 15) is 0 Å². The van der Waals surface area contributed by atoms with Gasteiger partial charge in [0, 0.05) is 46.3 Å². The summed E-state index contributed by atoms with van der Waals surface area (Å²) in [5.74, 6) is 0.558. The van der Waals surface area contributed by atoms with E-state index in [0.717, 1.165) is 45.1 Å². The van der Waals surface area contributed by atoms with Crippen molar-refractivity contribution < 1.29 is 0 Å². The molecule has 0 aliphatic rings. The van der Waals surface area contributed by atoms with Crippen LogP contribution in [0.1, 0.15) is 0 Å². The third kappa shape index (κ3) is 5.13. The highest BCUT2D eigenvalue weighted by Gasteiger charge is 2.16. The van der Waals surface area contributed by atoms with Crippen molar-refractivity contribution in [2.45, 2.75) is 0 Å². The molecule has 10 rings (SSSR count). The Bertz CT molecular complexity index is 2850. The maximum Gasteiger partial charge on any atom is 0.179 e. The molecular formula is C46H30N6. The van der Waals surface area contributed by atoms with Crippen molar-refractivity contribution in [2.75, 3.05) is 0 Å². The maximum atomic E-state index is 5.02. The Labute approximate surface area is 300 Å². The third-order valence-electron chi connectivity index (χ3n) is 9.68. The zero-order valence-electron chi connectivity index (χ0n) is 28.0. The number of hydrogen-bond acceptors (Lipinski definition) is 4. The second-order valence-electron chi connectivity index (χ2n) is 12.8. The first-order chi connectivity index (χ1) is 25.8. The van der Waals surface area contributed by atoms with Gasteiger partial charge >= 0.3 is 0 Å². The fourth-order valence-electron chi connectivity index (χ4n) is 7.23. The largest absolute Gasteiger partial charge is 0.317 e. The molecule has 0 saturated heterocycles. The molecule has 0 aliphatic heterocycles. The minimum Gasteiger partial charge on any atom is -0.317 e. The average Bonchev–Trinajstić information content (AvgIpc) is 3.81. The zero-order chi connectivity index (χ0) is 34.4.